The number of rotatable bonds is 12. The van der Waals surface area contributed by atoms with Crippen LogP contribution in [-0.4, -0.2) is 169 Å². The minimum Gasteiger partial charge on any atom is -0.394 e. The number of ether oxygens (including phenoxy) is 4. The van der Waals surface area contributed by atoms with E-state index in [2.05, 4.69) is 5.32 Å². The molecule has 0 radical (unpaired) electrons. The highest BCUT2D eigenvalue weighted by Gasteiger charge is 2.52. The molecule has 2 fully saturated rings. The van der Waals surface area contributed by atoms with Gasteiger partial charge in [0.15, 0.2) is 18.9 Å². The number of amides is 1. The van der Waals surface area contributed by atoms with Crippen LogP contribution in [0.15, 0.2) is 0 Å². The third-order valence-corrected chi connectivity index (χ3v) is 6.05. The summed E-state index contributed by atoms with van der Waals surface area (Å²) in [5.41, 5.74) is 0. The monoisotopic (exact) mass is 545 g/mol. The fraction of sp³-hybridized carbons (Fsp3) is 0.900. The number of carbonyl (C=O) groups excluding carboxylic acids is 2. The zero-order valence-corrected chi connectivity index (χ0v) is 19.7. The Morgan fingerprint density at radius 1 is 0.919 bits per heavy atom. The van der Waals surface area contributed by atoms with Crippen molar-refractivity contribution in [2.75, 3.05) is 19.8 Å². The minimum absolute atomic E-state index is 0.0740. The molecular weight excluding hydrogens is 510 g/mol. The first kappa shape index (κ1) is 31.8. The Morgan fingerprint density at radius 2 is 1.49 bits per heavy atom. The zero-order chi connectivity index (χ0) is 28.0. The van der Waals surface area contributed by atoms with Crippen LogP contribution in [0.4, 0.5) is 0 Å². The van der Waals surface area contributed by atoms with Gasteiger partial charge in [0.1, 0.15) is 73.2 Å². The molecule has 11 N–H and O–H groups in total. The van der Waals surface area contributed by atoms with Crippen molar-refractivity contribution in [2.24, 2.45) is 0 Å². The molecule has 1 amide bonds. The van der Waals surface area contributed by atoms with Crippen LogP contribution in [0.25, 0.3) is 0 Å². The largest absolute Gasteiger partial charge is 0.394 e. The molecule has 14 atom stereocenters. The summed E-state index contributed by atoms with van der Waals surface area (Å²) < 4.78 is 21.6. The second kappa shape index (κ2) is 14.1. The van der Waals surface area contributed by atoms with E-state index in [1.165, 1.54) is 0 Å². The maximum absolute atomic E-state index is 11.6. The van der Waals surface area contributed by atoms with Crippen molar-refractivity contribution in [1.29, 1.82) is 0 Å². The maximum atomic E-state index is 11.6. The van der Waals surface area contributed by atoms with E-state index in [-0.39, 0.29) is 6.29 Å². The van der Waals surface area contributed by atoms with E-state index in [1.54, 1.807) is 0 Å². The molecule has 2 aliphatic heterocycles. The molecular formula is C20H35NO16. The van der Waals surface area contributed by atoms with Crippen LogP contribution in [0.3, 0.4) is 0 Å². The van der Waals surface area contributed by atoms with Crippen molar-refractivity contribution in [3.63, 3.8) is 0 Å². The molecule has 0 unspecified atom stereocenters. The molecule has 2 heterocycles. The normalized spacial score (nSPS) is 39.9. The molecule has 0 bridgehead atoms. The highest BCUT2D eigenvalue weighted by Crippen LogP contribution is 2.30. The van der Waals surface area contributed by atoms with E-state index in [0.717, 1.165) is 6.92 Å². The summed E-state index contributed by atoms with van der Waals surface area (Å²) in [6.07, 6.45) is -23.6. The number of aliphatic hydroxyl groups excluding tert-OH is 10. The zero-order valence-electron chi connectivity index (χ0n) is 19.7. The van der Waals surface area contributed by atoms with E-state index in [0.29, 0.717) is 0 Å². The highest BCUT2D eigenvalue weighted by atomic mass is 16.7. The average molecular weight is 545 g/mol. The predicted octanol–water partition coefficient (Wildman–Crippen LogP) is -7.59. The number of aldehydes is 1. The van der Waals surface area contributed by atoms with Gasteiger partial charge >= 0.3 is 0 Å². The van der Waals surface area contributed by atoms with Crippen molar-refractivity contribution in [1.82, 2.24) is 5.32 Å². The van der Waals surface area contributed by atoms with Gasteiger partial charge in [-0.15, -0.1) is 0 Å². The van der Waals surface area contributed by atoms with Crippen LogP contribution >= 0.6 is 0 Å². The smallest absolute Gasteiger partial charge is 0.217 e. The average Bonchev–Trinajstić information content (AvgIpc) is 2.88. The fourth-order valence-electron chi connectivity index (χ4n) is 4.00. The topological polar surface area (TPSA) is 285 Å². The number of aliphatic hydroxyl groups is 10. The third kappa shape index (κ3) is 7.37. The van der Waals surface area contributed by atoms with Gasteiger partial charge in [0, 0.05) is 6.92 Å². The van der Waals surface area contributed by atoms with E-state index in [9.17, 15) is 60.7 Å². The van der Waals surface area contributed by atoms with Crippen LogP contribution < -0.4 is 5.32 Å². The lowest BCUT2D eigenvalue weighted by atomic mass is 9.95. The highest BCUT2D eigenvalue weighted by molar-refractivity contribution is 5.73. The first-order valence-electron chi connectivity index (χ1n) is 11.3. The third-order valence-electron chi connectivity index (χ3n) is 6.05. The Hall–Kier alpha value is -1.42. The van der Waals surface area contributed by atoms with Crippen molar-refractivity contribution in [2.45, 2.75) is 92.7 Å². The minimum atomic E-state index is -2.11. The summed E-state index contributed by atoms with van der Waals surface area (Å²) in [6, 6.07) is -1.46. The molecule has 37 heavy (non-hydrogen) atoms. The van der Waals surface area contributed by atoms with Gasteiger partial charge in [-0.25, -0.2) is 0 Å². The lowest BCUT2D eigenvalue weighted by molar-refractivity contribution is -0.359. The van der Waals surface area contributed by atoms with Gasteiger partial charge < -0.3 is 80.1 Å². The van der Waals surface area contributed by atoms with Gasteiger partial charge in [-0.3, -0.25) is 4.79 Å². The van der Waals surface area contributed by atoms with E-state index < -0.39 is 111 Å². The predicted molar refractivity (Wildman–Crippen MR) is 114 cm³/mol. The molecule has 17 nitrogen and oxygen atoms in total. The molecule has 0 saturated carbocycles. The van der Waals surface area contributed by atoms with Crippen molar-refractivity contribution in [3.05, 3.63) is 0 Å². The molecule has 2 rings (SSSR count). The Morgan fingerprint density at radius 3 is 2.00 bits per heavy atom. The fourth-order valence-corrected chi connectivity index (χ4v) is 4.00. The van der Waals surface area contributed by atoms with Crippen LogP contribution in [0.2, 0.25) is 0 Å². The lowest BCUT2D eigenvalue weighted by Gasteiger charge is -2.47. The summed E-state index contributed by atoms with van der Waals surface area (Å²) in [5, 5.41) is 103. The van der Waals surface area contributed by atoms with Crippen LogP contribution in [-0.2, 0) is 28.5 Å². The van der Waals surface area contributed by atoms with Gasteiger partial charge in [-0.1, -0.05) is 0 Å². The Balaban J connectivity index is 2.33. The van der Waals surface area contributed by atoms with Gasteiger partial charge in [-0.2, -0.15) is 0 Å². The summed E-state index contributed by atoms with van der Waals surface area (Å²) in [5.74, 6) is -0.679. The molecule has 0 aromatic carbocycles. The van der Waals surface area contributed by atoms with Gasteiger partial charge in [0.25, 0.3) is 0 Å². The Bertz CT molecular complexity index is 730. The molecule has 2 saturated heterocycles. The number of hydrogen-bond acceptors (Lipinski definition) is 16. The molecule has 0 spiro atoms. The quantitative estimate of drug-likeness (QED) is 0.102. The number of nitrogens with one attached hydrogen (secondary N) is 1. The molecule has 0 aliphatic carbocycles. The first-order chi connectivity index (χ1) is 17.4. The van der Waals surface area contributed by atoms with Crippen LogP contribution in [0.5, 0.6) is 0 Å². The summed E-state index contributed by atoms with van der Waals surface area (Å²) >= 11 is 0. The Kier molecular flexibility index (Phi) is 12.1. The maximum Gasteiger partial charge on any atom is 0.217 e. The second-order valence-corrected chi connectivity index (χ2v) is 8.71. The molecule has 17 heteroatoms. The number of carbonyl (C=O) groups is 2. The molecule has 0 aromatic heterocycles. The molecule has 0 aromatic rings. The summed E-state index contributed by atoms with van der Waals surface area (Å²) in [4.78, 5) is 22.5. The summed E-state index contributed by atoms with van der Waals surface area (Å²) in [7, 11) is 0. The lowest BCUT2D eigenvalue weighted by Crippen LogP contribution is -2.68. The Labute approximate surface area is 210 Å². The van der Waals surface area contributed by atoms with Crippen molar-refractivity contribution >= 4 is 12.2 Å². The van der Waals surface area contributed by atoms with E-state index >= 15 is 0 Å². The first-order valence-corrected chi connectivity index (χ1v) is 11.3. The standard InChI is InChI=1S/C20H35NO16/c1-6(26)21-11-15(32)13(30)9(4-24)34-19(11)37-18-14(31)10(5-25)35-20(16(18)33)36-17(8(28)3-23)12(29)7(27)2-22/h2,7-20,23-25,27-33H,3-5H2,1H3,(H,21,26)/t7-,8+,9+,10+,11+,12+,13+,14-,15+,16+,17+,18-,19-,20-/m0/s1. The van der Waals surface area contributed by atoms with Crippen LogP contribution in [0, 0.1) is 0 Å². The summed E-state index contributed by atoms with van der Waals surface area (Å²) in [6.45, 7) is -1.59. The molecule has 216 valence electrons. The van der Waals surface area contributed by atoms with Crippen LogP contribution in [0.1, 0.15) is 6.92 Å². The van der Waals surface area contributed by atoms with Gasteiger partial charge in [0.2, 0.25) is 5.91 Å². The van der Waals surface area contributed by atoms with E-state index in [1.807, 2.05) is 0 Å². The van der Waals surface area contributed by atoms with Crippen molar-refractivity contribution in [3.8, 4) is 0 Å². The number of hydrogen-bond donors (Lipinski definition) is 11. The van der Waals surface area contributed by atoms with E-state index in [4.69, 9.17) is 18.9 Å². The molecule has 2 aliphatic rings. The second-order valence-electron chi connectivity index (χ2n) is 8.71. The van der Waals surface area contributed by atoms with Gasteiger partial charge in [-0.05, 0) is 0 Å². The van der Waals surface area contributed by atoms with Crippen molar-refractivity contribution < 1.29 is 79.6 Å². The SMILES string of the molecule is CC(=O)N[C@H]1[C@H](O[C@H]2[C@@H](O)[C@@H](CO)O[C@@H](O[C@@H]([C@H](O)[C@@H](O)C=O)[C@H](O)CO)[C@@H]2O)O[C@H](CO)[C@@H](O)[C@@H]1O. The van der Waals surface area contributed by atoms with Gasteiger partial charge in [0.05, 0.1) is 19.8 Å².